The minimum Gasteiger partial charge on any atom is -0.387 e. The lowest BCUT2D eigenvalue weighted by atomic mass is 10.0. The van der Waals surface area contributed by atoms with Crippen molar-refractivity contribution >= 4 is 17.7 Å². The highest BCUT2D eigenvalue weighted by molar-refractivity contribution is 7.99. The van der Waals surface area contributed by atoms with E-state index in [1.165, 1.54) is 0 Å². The highest BCUT2D eigenvalue weighted by Crippen LogP contribution is 2.27. The summed E-state index contributed by atoms with van der Waals surface area (Å²) in [6, 6.07) is 10.1. The first-order valence-electron chi connectivity index (χ1n) is 8.28. The molecule has 6 heteroatoms. The van der Waals surface area contributed by atoms with Crippen LogP contribution in [0.2, 0.25) is 0 Å². The van der Waals surface area contributed by atoms with Gasteiger partial charge in [-0.2, -0.15) is 16.9 Å². The maximum absolute atomic E-state index is 12.5. The van der Waals surface area contributed by atoms with Crippen LogP contribution < -0.4 is 5.32 Å². The highest BCUT2D eigenvalue weighted by atomic mass is 32.2. The summed E-state index contributed by atoms with van der Waals surface area (Å²) in [5.74, 6) is 1.47. The Hall–Kier alpha value is -1.79. The topological polar surface area (TPSA) is 67.2 Å². The van der Waals surface area contributed by atoms with Crippen LogP contribution in [0, 0.1) is 0 Å². The predicted molar refractivity (Wildman–Crippen MR) is 96.4 cm³/mol. The number of carbonyl (C=O) groups excluding carboxylic acids is 1. The van der Waals surface area contributed by atoms with Crippen molar-refractivity contribution in [2.45, 2.75) is 31.9 Å². The summed E-state index contributed by atoms with van der Waals surface area (Å²) in [4.78, 5) is 12.5. The van der Waals surface area contributed by atoms with E-state index in [-0.39, 0.29) is 5.91 Å². The number of nitrogens with one attached hydrogen (secondary N) is 1. The molecule has 0 bridgehead atoms. The van der Waals surface area contributed by atoms with Gasteiger partial charge in [0.15, 0.2) is 0 Å². The molecule has 1 saturated heterocycles. The van der Waals surface area contributed by atoms with Gasteiger partial charge < -0.3 is 10.4 Å². The molecule has 3 rings (SSSR count). The van der Waals surface area contributed by atoms with Crippen LogP contribution in [0.1, 0.15) is 35.0 Å². The zero-order valence-electron chi connectivity index (χ0n) is 13.9. The second-order valence-corrected chi connectivity index (χ2v) is 7.32. The largest absolute Gasteiger partial charge is 0.387 e. The van der Waals surface area contributed by atoms with E-state index in [4.69, 9.17) is 0 Å². The Bertz CT molecular complexity index is 694. The van der Waals surface area contributed by atoms with Gasteiger partial charge in [0.2, 0.25) is 0 Å². The summed E-state index contributed by atoms with van der Waals surface area (Å²) in [7, 11) is 0. The Balaban J connectivity index is 1.70. The molecular formula is C18H23N3O2S. The molecule has 1 aromatic carbocycles. The molecule has 1 fully saturated rings. The molecule has 0 radical (unpaired) electrons. The Morgan fingerprint density at radius 1 is 1.42 bits per heavy atom. The van der Waals surface area contributed by atoms with Gasteiger partial charge in [0.1, 0.15) is 0 Å². The molecule has 24 heavy (non-hydrogen) atoms. The fourth-order valence-electron chi connectivity index (χ4n) is 2.94. The first kappa shape index (κ1) is 17.0. The molecule has 2 N–H and O–H groups in total. The van der Waals surface area contributed by atoms with Gasteiger partial charge in [0.25, 0.3) is 5.91 Å². The van der Waals surface area contributed by atoms with Gasteiger partial charge in [-0.1, -0.05) is 37.3 Å². The third-order valence-corrected chi connectivity index (χ3v) is 5.60. The van der Waals surface area contributed by atoms with Crippen LogP contribution in [0.3, 0.4) is 0 Å². The number of rotatable bonds is 6. The van der Waals surface area contributed by atoms with E-state index in [2.05, 4.69) is 10.4 Å². The monoisotopic (exact) mass is 345 g/mol. The Morgan fingerprint density at radius 2 is 2.21 bits per heavy atom. The molecule has 2 aromatic rings. The Labute approximate surface area is 146 Å². The Morgan fingerprint density at radius 3 is 2.88 bits per heavy atom. The molecule has 1 unspecified atom stereocenters. The van der Waals surface area contributed by atoms with Crippen LogP contribution in [0.25, 0.3) is 0 Å². The van der Waals surface area contributed by atoms with Crippen molar-refractivity contribution in [1.82, 2.24) is 15.1 Å². The van der Waals surface area contributed by atoms with Gasteiger partial charge in [-0.15, -0.1) is 0 Å². The molecule has 1 aromatic heterocycles. The minimum atomic E-state index is -0.771. The van der Waals surface area contributed by atoms with E-state index in [0.717, 1.165) is 29.9 Å². The van der Waals surface area contributed by atoms with Crippen molar-refractivity contribution in [2.75, 3.05) is 18.1 Å². The van der Waals surface area contributed by atoms with Crippen LogP contribution in [-0.4, -0.2) is 44.4 Å². The average Bonchev–Trinajstić information content (AvgIpc) is 3.20. The van der Waals surface area contributed by atoms with Crippen molar-refractivity contribution in [2.24, 2.45) is 0 Å². The first-order chi connectivity index (χ1) is 11.6. The van der Waals surface area contributed by atoms with Crippen molar-refractivity contribution in [3.8, 4) is 0 Å². The maximum Gasteiger partial charge on any atom is 0.254 e. The van der Waals surface area contributed by atoms with Crippen LogP contribution in [0.4, 0.5) is 0 Å². The average molecular weight is 345 g/mol. The highest BCUT2D eigenvalue weighted by Gasteiger charge is 2.32. The lowest BCUT2D eigenvalue weighted by Crippen LogP contribution is -2.43. The first-order valence-corrected chi connectivity index (χ1v) is 9.44. The number of aromatic nitrogens is 2. The lowest BCUT2D eigenvalue weighted by molar-refractivity contribution is 0.0612. The minimum absolute atomic E-state index is 0.156. The van der Waals surface area contributed by atoms with E-state index < -0.39 is 5.60 Å². The number of benzene rings is 1. The van der Waals surface area contributed by atoms with Crippen molar-refractivity contribution in [3.05, 3.63) is 53.3 Å². The molecule has 1 amide bonds. The number of carbonyl (C=O) groups is 1. The third kappa shape index (κ3) is 3.82. The molecular weight excluding hydrogens is 322 g/mol. The summed E-state index contributed by atoms with van der Waals surface area (Å²) >= 11 is 1.72. The van der Waals surface area contributed by atoms with E-state index >= 15 is 0 Å². The lowest BCUT2D eigenvalue weighted by Gasteiger charge is -2.21. The zero-order chi connectivity index (χ0) is 17.0. The molecule has 0 spiro atoms. The van der Waals surface area contributed by atoms with Crippen LogP contribution in [0.15, 0.2) is 36.5 Å². The molecule has 2 heterocycles. The van der Waals surface area contributed by atoms with Gasteiger partial charge >= 0.3 is 0 Å². The predicted octanol–water partition coefficient (Wildman–Crippen LogP) is 2.09. The van der Waals surface area contributed by atoms with Gasteiger partial charge in [0.05, 0.1) is 29.6 Å². The number of hydrogen-bond acceptors (Lipinski definition) is 4. The summed E-state index contributed by atoms with van der Waals surface area (Å²) in [6.45, 7) is 2.97. The van der Waals surface area contributed by atoms with Crippen molar-refractivity contribution in [3.63, 3.8) is 0 Å². The number of hydrogen-bond donors (Lipinski definition) is 2. The third-order valence-electron chi connectivity index (χ3n) is 4.36. The van der Waals surface area contributed by atoms with E-state index in [1.54, 1.807) is 18.0 Å². The molecule has 0 saturated carbocycles. The second kappa shape index (κ2) is 7.40. The van der Waals surface area contributed by atoms with E-state index in [9.17, 15) is 9.90 Å². The maximum atomic E-state index is 12.5. The normalized spacial score (nSPS) is 20.2. The fraction of sp³-hybridized carbons (Fsp3) is 0.444. The zero-order valence-corrected chi connectivity index (χ0v) is 14.7. The number of aliphatic hydroxyl groups is 1. The van der Waals surface area contributed by atoms with E-state index in [0.29, 0.717) is 24.4 Å². The van der Waals surface area contributed by atoms with Crippen molar-refractivity contribution < 1.29 is 9.90 Å². The molecule has 1 aliphatic rings. The molecule has 128 valence electrons. The molecule has 0 aliphatic carbocycles. The fourth-order valence-corrected chi connectivity index (χ4v) is 4.24. The van der Waals surface area contributed by atoms with Crippen LogP contribution in [0.5, 0.6) is 0 Å². The standard InChI is InChI=1S/C18H23N3O2S/c1-2-16-15(17(22)19-12-18(23)8-9-24-13-18)10-20-21(16)11-14-6-4-3-5-7-14/h3-7,10,23H,2,8-9,11-13H2,1H3,(H,19,22). The van der Waals surface area contributed by atoms with E-state index in [1.807, 2.05) is 41.9 Å². The summed E-state index contributed by atoms with van der Waals surface area (Å²) in [5.41, 5.74) is 1.90. The SMILES string of the molecule is CCc1c(C(=O)NCC2(O)CCSC2)cnn1Cc1ccccc1. The summed E-state index contributed by atoms with van der Waals surface area (Å²) < 4.78 is 1.88. The molecule has 1 atom stereocenters. The van der Waals surface area contributed by atoms with Crippen LogP contribution in [-0.2, 0) is 13.0 Å². The number of nitrogens with zero attached hydrogens (tertiary/aromatic N) is 2. The smallest absolute Gasteiger partial charge is 0.254 e. The van der Waals surface area contributed by atoms with Crippen molar-refractivity contribution in [1.29, 1.82) is 0 Å². The van der Waals surface area contributed by atoms with Gasteiger partial charge in [-0.25, -0.2) is 0 Å². The number of amides is 1. The Kier molecular flexibility index (Phi) is 5.26. The van der Waals surface area contributed by atoms with Gasteiger partial charge in [0, 0.05) is 12.3 Å². The summed E-state index contributed by atoms with van der Waals surface area (Å²) in [5, 5.41) is 17.6. The second-order valence-electron chi connectivity index (χ2n) is 6.21. The van der Waals surface area contributed by atoms with Gasteiger partial charge in [-0.05, 0) is 24.2 Å². The molecule has 5 nitrogen and oxygen atoms in total. The van der Waals surface area contributed by atoms with Gasteiger partial charge in [-0.3, -0.25) is 9.48 Å². The quantitative estimate of drug-likeness (QED) is 0.841. The molecule has 1 aliphatic heterocycles. The summed E-state index contributed by atoms with van der Waals surface area (Å²) in [6.07, 6.45) is 3.09. The van der Waals surface area contributed by atoms with Crippen LogP contribution >= 0.6 is 11.8 Å². The number of thioether (sulfide) groups is 1.